The summed E-state index contributed by atoms with van der Waals surface area (Å²) < 4.78 is 75.4. The minimum atomic E-state index is -5.23. The molecule has 0 bridgehead atoms. The Labute approximate surface area is 96.1 Å². The van der Waals surface area contributed by atoms with Crippen LogP contribution < -0.4 is 10.5 Å². The van der Waals surface area contributed by atoms with E-state index >= 15 is 0 Å². The number of benzene rings is 1. The van der Waals surface area contributed by atoms with Crippen molar-refractivity contribution in [2.75, 3.05) is 5.73 Å². The quantitative estimate of drug-likeness (QED) is 0.512. The molecule has 0 saturated heterocycles. The molecule has 0 aliphatic rings. The van der Waals surface area contributed by atoms with Crippen molar-refractivity contribution in [2.24, 2.45) is 0 Å². The fraction of sp³-hybridized carbons (Fsp3) is 0.222. The molecule has 0 atom stereocenters. The standard InChI is InChI=1S/C9H5F6NO2/c10-8(11,12)7(17)4-2-1-3-5(6(4)16)18-9(13,14)15/h1-3H,16H2. The average molecular weight is 273 g/mol. The lowest BCUT2D eigenvalue weighted by molar-refractivity contribution is -0.274. The number of halogens is 6. The summed E-state index contributed by atoms with van der Waals surface area (Å²) in [5.41, 5.74) is 2.93. The summed E-state index contributed by atoms with van der Waals surface area (Å²) in [5, 5.41) is 0. The molecule has 0 aliphatic carbocycles. The summed E-state index contributed by atoms with van der Waals surface area (Å²) >= 11 is 0. The Bertz CT molecular complexity index is 465. The Morgan fingerprint density at radius 1 is 1.11 bits per heavy atom. The van der Waals surface area contributed by atoms with E-state index in [2.05, 4.69) is 4.74 Å². The molecule has 0 radical (unpaired) electrons. The number of ether oxygens (including phenoxy) is 1. The Balaban J connectivity index is 3.18. The van der Waals surface area contributed by atoms with Gasteiger partial charge in [0.2, 0.25) is 0 Å². The molecule has 1 aromatic rings. The molecule has 0 amide bonds. The van der Waals surface area contributed by atoms with E-state index in [1.54, 1.807) is 0 Å². The lowest BCUT2D eigenvalue weighted by Crippen LogP contribution is -2.24. The van der Waals surface area contributed by atoms with Crippen molar-refractivity contribution in [1.29, 1.82) is 0 Å². The Morgan fingerprint density at radius 2 is 1.67 bits per heavy atom. The SMILES string of the molecule is Nc1c(OC(F)(F)F)cccc1C(=O)C(F)(F)F. The molecule has 0 saturated carbocycles. The molecular weight excluding hydrogens is 268 g/mol. The van der Waals surface area contributed by atoms with Crippen LogP contribution >= 0.6 is 0 Å². The zero-order valence-corrected chi connectivity index (χ0v) is 8.39. The van der Waals surface area contributed by atoms with Gasteiger partial charge >= 0.3 is 12.5 Å². The molecule has 18 heavy (non-hydrogen) atoms. The van der Waals surface area contributed by atoms with Crippen molar-refractivity contribution in [2.45, 2.75) is 12.5 Å². The lowest BCUT2D eigenvalue weighted by atomic mass is 10.1. The molecule has 0 heterocycles. The largest absolute Gasteiger partial charge is 0.573 e. The first-order chi connectivity index (χ1) is 8.02. The van der Waals surface area contributed by atoms with E-state index in [4.69, 9.17) is 5.73 Å². The molecule has 9 heteroatoms. The zero-order chi connectivity index (χ0) is 14.1. The van der Waals surface area contributed by atoms with E-state index < -0.39 is 35.3 Å². The second-order valence-electron chi connectivity index (χ2n) is 3.09. The van der Waals surface area contributed by atoms with Crippen molar-refractivity contribution in [3.63, 3.8) is 0 Å². The highest BCUT2D eigenvalue weighted by molar-refractivity contribution is 6.05. The van der Waals surface area contributed by atoms with Crippen LogP contribution in [-0.2, 0) is 0 Å². The van der Waals surface area contributed by atoms with Crippen LogP contribution in [0.25, 0.3) is 0 Å². The molecule has 0 aliphatic heterocycles. The van der Waals surface area contributed by atoms with Crippen LogP contribution in [0.4, 0.5) is 32.0 Å². The zero-order valence-electron chi connectivity index (χ0n) is 8.39. The number of rotatable bonds is 2. The molecule has 0 fully saturated rings. The Kier molecular flexibility index (Phi) is 3.45. The summed E-state index contributed by atoms with van der Waals surface area (Å²) in [5.74, 6) is -3.40. The van der Waals surface area contributed by atoms with Crippen molar-refractivity contribution in [3.8, 4) is 5.75 Å². The van der Waals surface area contributed by atoms with Crippen LogP contribution in [0.5, 0.6) is 5.75 Å². The second-order valence-corrected chi connectivity index (χ2v) is 3.09. The van der Waals surface area contributed by atoms with Crippen LogP contribution in [0.2, 0.25) is 0 Å². The summed E-state index contributed by atoms with van der Waals surface area (Å²) in [6.45, 7) is 0. The summed E-state index contributed by atoms with van der Waals surface area (Å²) in [4.78, 5) is 10.9. The number of Topliss-reactive ketones (excluding diaryl/α,β-unsaturated/α-hetero) is 1. The van der Waals surface area contributed by atoms with Crippen LogP contribution in [0.3, 0.4) is 0 Å². The number of nitrogens with two attached hydrogens (primary N) is 1. The second kappa shape index (κ2) is 4.39. The van der Waals surface area contributed by atoms with Gasteiger partial charge in [0.25, 0.3) is 5.78 Å². The third kappa shape index (κ3) is 3.28. The predicted molar refractivity (Wildman–Crippen MR) is 47.9 cm³/mol. The van der Waals surface area contributed by atoms with Crippen molar-refractivity contribution in [3.05, 3.63) is 23.8 Å². The highest BCUT2D eigenvalue weighted by Gasteiger charge is 2.41. The summed E-state index contributed by atoms with van der Waals surface area (Å²) in [7, 11) is 0. The highest BCUT2D eigenvalue weighted by atomic mass is 19.4. The van der Waals surface area contributed by atoms with E-state index in [0.29, 0.717) is 12.1 Å². The topological polar surface area (TPSA) is 52.3 Å². The Hall–Kier alpha value is -1.93. The van der Waals surface area contributed by atoms with Crippen LogP contribution in [0.15, 0.2) is 18.2 Å². The number of para-hydroxylation sites is 1. The van der Waals surface area contributed by atoms with Crippen LogP contribution in [0, 0.1) is 0 Å². The number of hydrogen-bond donors (Lipinski definition) is 1. The molecular formula is C9H5F6NO2. The third-order valence-corrected chi connectivity index (χ3v) is 1.79. The maximum Gasteiger partial charge on any atom is 0.573 e. The third-order valence-electron chi connectivity index (χ3n) is 1.79. The molecule has 0 spiro atoms. The van der Waals surface area contributed by atoms with Gasteiger partial charge in [0.15, 0.2) is 5.75 Å². The van der Waals surface area contributed by atoms with Gasteiger partial charge < -0.3 is 10.5 Å². The van der Waals surface area contributed by atoms with Gasteiger partial charge in [0.05, 0.1) is 11.3 Å². The molecule has 2 N–H and O–H groups in total. The van der Waals surface area contributed by atoms with Gasteiger partial charge in [-0.3, -0.25) is 4.79 Å². The number of anilines is 1. The van der Waals surface area contributed by atoms with E-state index in [0.717, 1.165) is 6.07 Å². The molecule has 1 rings (SSSR count). The number of nitrogen functional groups attached to an aromatic ring is 1. The number of alkyl halides is 6. The minimum absolute atomic E-state index is 0.661. The van der Waals surface area contributed by atoms with Crippen molar-refractivity contribution >= 4 is 11.5 Å². The first-order valence-electron chi connectivity index (χ1n) is 4.28. The summed E-state index contributed by atoms with van der Waals surface area (Å²) in [6.07, 6.45) is -10.3. The number of carbonyl (C=O) groups is 1. The van der Waals surface area contributed by atoms with E-state index in [-0.39, 0.29) is 0 Å². The number of hydrogen-bond acceptors (Lipinski definition) is 3. The van der Waals surface area contributed by atoms with Gasteiger partial charge in [0, 0.05) is 0 Å². The van der Waals surface area contributed by atoms with Gasteiger partial charge in [-0.05, 0) is 12.1 Å². The van der Waals surface area contributed by atoms with Crippen LogP contribution in [-0.4, -0.2) is 18.3 Å². The normalized spacial score (nSPS) is 12.3. The minimum Gasteiger partial charge on any atom is -0.404 e. The highest BCUT2D eigenvalue weighted by Crippen LogP contribution is 2.33. The van der Waals surface area contributed by atoms with Gasteiger partial charge in [-0.2, -0.15) is 13.2 Å². The van der Waals surface area contributed by atoms with Gasteiger partial charge in [0.1, 0.15) is 0 Å². The smallest absolute Gasteiger partial charge is 0.404 e. The molecule has 0 unspecified atom stereocenters. The van der Waals surface area contributed by atoms with Crippen LogP contribution in [0.1, 0.15) is 10.4 Å². The maximum atomic E-state index is 12.1. The van der Waals surface area contributed by atoms with E-state index in [1.165, 1.54) is 0 Å². The van der Waals surface area contributed by atoms with Crippen molar-refractivity contribution < 1.29 is 35.9 Å². The number of carbonyl (C=O) groups excluding carboxylic acids is 1. The first kappa shape index (κ1) is 14.1. The average Bonchev–Trinajstić information content (AvgIpc) is 2.17. The van der Waals surface area contributed by atoms with E-state index in [1.807, 2.05) is 0 Å². The maximum absolute atomic E-state index is 12.1. The van der Waals surface area contributed by atoms with Gasteiger partial charge in [-0.15, -0.1) is 13.2 Å². The van der Waals surface area contributed by atoms with Gasteiger partial charge in [-0.25, -0.2) is 0 Å². The first-order valence-corrected chi connectivity index (χ1v) is 4.28. The fourth-order valence-corrected chi connectivity index (χ4v) is 1.11. The van der Waals surface area contributed by atoms with E-state index in [9.17, 15) is 31.1 Å². The van der Waals surface area contributed by atoms with Crippen molar-refractivity contribution in [1.82, 2.24) is 0 Å². The number of ketones is 1. The monoisotopic (exact) mass is 273 g/mol. The predicted octanol–water partition coefficient (Wildman–Crippen LogP) is 2.91. The molecule has 100 valence electrons. The summed E-state index contributed by atoms with van der Waals surface area (Å²) in [6, 6.07) is 2.17. The lowest BCUT2D eigenvalue weighted by Gasteiger charge is -2.13. The fourth-order valence-electron chi connectivity index (χ4n) is 1.11. The molecule has 0 aromatic heterocycles. The Morgan fingerprint density at radius 3 is 2.11 bits per heavy atom. The molecule has 1 aromatic carbocycles. The van der Waals surface area contributed by atoms with Gasteiger partial charge in [-0.1, -0.05) is 6.07 Å². The molecule has 3 nitrogen and oxygen atoms in total.